The van der Waals surface area contributed by atoms with E-state index >= 15 is 0 Å². The second kappa shape index (κ2) is 8.07. The van der Waals surface area contributed by atoms with E-state index < -0.39 is 6.10 Å². The van der Waals surface area contributed by atoms with E-state index in [1.165, 1.54) is 0 Å². The van der Waals surface area contributed by atoms with Crippen LogP contribution < -0.4 is 4.90 Å². The zero-order valence-electron chi connectivity index (χ0n) is 14.5. The van der Waals surface area contributed by atoms with Crippen LogP contribution in [0, 0.1) is 6.92 Å². The molecule has 6 nitrogen and oxygen atoms in total. The molecule has 1 unspecified atom stereocenters. The summed E-state index contributed by atoms with van der Waals surface area (Å²) >= 11 is 0. The number of carbonyl (C=O) groups excluding carboxylic acids is 1. The molecule has 1 aliphatic rings. The predicted molar refractivity (Wildman–Crippen MR) is 96.2 cm³/mol. The number of aryl methyl sites for hydroxylation is 1. The largest absolute Gasteiger partial charge is 0.388 e. The first kappa shape index (κ1) is 17.4. The van der Waals surface area contributed by atoms with Gasteiger partial charge in [-0.05, 0) is 31.0 Å². The van der Waals surface area contributed by atoms with Gasteiger partial charge in [-0.1, -0.05) is 30.3 Å². The van der Waals surface area contributed by atoms with Crippen molar-refractivity contribution >= 4 is 11.7 Å². The summed E-state index contributed by atoms with van der Waals surface area (Å²) in [6.45, 7) is 4.83. The fourth-order valence-corrected chi connectivity index (χ4v) is 3.04. The molecule has 6 heteroatoms. The van der Waals surface area contributed by atoms with Crippen molar-refractivity contribution in [1.82, 2.24) is 15.1 Å². The summed E-state index contributed by atoms with van der Waals surface area (Å²) in [4.78, 5) is 16.5. The number of aliphatic hydroxyl groups is 1. The van der Waals surface area contributed by atoms with Crippen LogP contribution in [-0.2, 0) is 4.79 Å². The molecule has 1 fully saturated rings. The second-order valence-electron chi connectivity index (χ2n) is 6.38. The van der Waals surface area contributed by atoms with Gasteiger partial charge in [-0.3, -0.25) is 4.79 Å². The maximum absolute atomic E-state index is 12.5. The SMILES string of the molecule is Cc1ccc(N2CCCN(C(=O)CC(O)c3ccccc3)CC2)nn1. The Morgan fingerprint density at radius 3 is 2.60 bits per heavy atom. The third kappa shape index (κ3) is 4.54. The summed E-state index contributed by atoms with van der Waals surface area (Å²) in [5.74, 6) is 0.845. The van der Waals surface area contributed by atoms with E-state index in [1.54, 1.807) is 0 Å². The molecule has 1 saturated heterocycles. The molecular formula is C19H24N4O2. The number of hydrogen-bond acceptors (Lipinski definition) is 5. The molecule has 1 atom stereocenters. The number of anilines is 1. The first-order valence-electron chi connectivity index (χ1n) is 8.69. The minimum Gasteiger partial charge on any atom is -0.388 e. The molecule has 25 heavy (non-hydrogen) atoms. The molecule has 2 heterocycles. The molecule has 2 aromatic rings. The summed E-state index contributed by atoms with van der Waals surface area (Å²) in [7, 11) is 0. The highest BCUT2D eigenvalue weighted by Gasteiger charge is 2.22. The Balaban J connectivity index is 1.57. The summed E-state index contributed by atoms with van der Waals surface area (Å²) in [5, 5.41) is 18.6. The molecular weight excluding hydrogens is 316 g/mol. The van der Waals surface area contributed by atoms with E-state index in [9.17, 15) is 9.90 Å². The normalized spacial score (nSPS) is 16.4. The lowest BCUT2D eigenvalue weighted by atomic mass is 10.1. The van der Waals surface area contributed by atoms with Crippen LogP contribution in [0.3, 0.4) is 0 Å². The lowest BCUT2D eigenvalue weighted by Gasteiger charge is -2.23. The molecule has 0 bridgehead atoms. The van der Waals surface area contributed by atoms with Gasteiger partial charge in [-0.15, -0.1) is 5.10 Å². The molecule has 1 N–H and O–H groups in total. The Kier molecular flexibility index (Phi) is 5.60. The van der Waals surface area contributed by atoms with E-state index in [2.05, 4.69) is 15.1 Å². The predicted octanol–water partition coefficient (Wildman–Crippen LogP) is 1.95. The number of amides is 1. The van der Waals surface area contributed by atoms with E-state index in [4.69, 9.17) is 0 Å². The summed E-state index contributed by atoms with van der Waals surface area (Å²) in [6, 6.07) is 13.3. The van der Waals surface area contributed by atoms with Crippen molar-refractivity contribution in [3.05, 3.63) is 53.7 Å². The van der Waals surface area contributed by atoms with Gasteiger partial charge in [0.2, 0.25) is 5.91 Å². The summed E-state index contributed by atoms with van der Waals surface area (Å²) < 4.78 is 0. The van der Waals surface area contributed by atoms with Gasteiger partial charge < -0.3 is 14.9 Å². The van der Waals surface area contributed by atoms with Crippen LogP contribution >= 0.6 is 0 Å². The van der Waals surface area contributed by atoms with E-state index in [0.717, 1.165) is 36.6 Å². The highest BCUT2D eigenvalue weighted by molar-refractivity contribution is 5.77. The lowest BCUT2D eigenvalue weighted by molar-refractivity contribution is -0.133. The number of aromatic nitrogens is 2. The number of nitrogens with zero attached hydrogens (tertiary/aromatic N) is 4. The molecule has 0 saturated carbocycles. The van der Waals surface area contributed by atoms with Crippen LogP contribution in [-0.4, -0.2) is 52.3 Å². The molecule has 1 aromatic carbocycles. The number of aliphatic hydroxyl groups excluding tert-OH is 1. The monoisotopic (exact) mass is 340 g/mol. The Bertz CT molecular complexity index is 690. The van der Waals surface area contributed by atoms with Gasteiger partial charge in [0, 0.05) is 26.2 Å². The topological polar surface area (TPSA) is 69.6 Å². The average Bonchev–Trinajstić information content (AvgIpc) is 2.89. The first-order valence-corrected chi connectivity index (χ1v) is 8.69. The van der Waals surface area contributed by atoms with E-state index in [1.807, 2.05) is 54.3 Å². The molecule has 3 rings (SSSR count). The van der Waals surface area contributed by atoms with Crippen molar-refractivity contribution in [2.75, 3.05) is 31.1 Å². The van der Waals surface area contributed by atoms with Gasteiger partial charge in [-0.2, -0.15) is 5.10 Å². The second-order valence-corrected chi connectivity index (χ2v) is 6.38. The minimum absolute atomic E-state index is 0.00630. The fourth-order valence-electron chi connectivity index (χ4n) is 3.04. The Hall–Kier alpha value is -2.47. The third-order valence-electron chi connectivity index (χ3n) is 4.51. The van der Waals surface area contributed by atoms with Gasteiger partial charge in [0.25, 0.3) is 0 Å². The van der Waals surface area contributed by atoms with Crippen molar-refractivity contribution in [1.29, 1.82) is 0 Å². The fraction of sp³-hybridized carbons (Fsp3) is 0.421. The Morgan fingerprint density at radius 1 is 1.08 bits per heavy atom. The third-order valence-corrected chi connectivity index (χ3v) is 4.51. The van der Waals surface area contributed by atoms with Crippen LogP contribution in [0.5, 0.6) is 0 Å². The van der Waals surface area contributed by atoms with Crippen molar-refractivity contribution in [3.8, 4) is 0 Å². The molecule has 0 aliphatic carbocycles. The van der Waals surface area contributed by atoms with Crippen molar-refractivity contribution < 1.29 is 9.90 Å². The van der Waals surface area contributed by atoms with Gasteiger partial charge >= 0.3 is 0 Å². The van der Waals surface area contributed by atoms with E-state index in [0.29, 0.717) is 13.1 Å². The highest BCUT2D eigenvalue weighted by atomic mass is 16.3. The maximum atomic E-state index is 12.5. The molecule has 0 spiro atoms. The van der Waals surface area contributed by atoms with Crippen LogP contribution in [0.15, 0.2) is 42.5 Å². The van der Waals surface area contributed by atoms with Crippen LogP contribution in [0.2, 0.25) is 0 Å². The van der Waals surface area contributed by atoms with Crippen molar-refractivity contribution in [2.24, 2.45) is 0 Å². The average molecular weight is 340 g/mol. The molecule has 1 aromatic heterocycles. The zero-order valence-corrected chi connectivity index (χ0v) is 14.5. The van der Waals surface area contributed by atoms with Crippen LogP contribution in [0.25, 0.3) is 0 Å². The summed E-state index contributed by atoms with van der Waals surface area (Å²) in [5.41, 5.74) is 1.67. The van der Waals surface area contributed by atoms with Crippen LogP contribution in [0.1, 0.15) is 30.2 Å². The smallest absolute Gasteiger partial charge is 0.225 e. The maximum Gasteiger partial charge on any atom is 0.225 e. The molecule has 132 valence electrons. The lowest BCUT2D eigenvalue weighted by Crippen LogP contribution is -2.36. The minimum atomic E-state index is -0.754. The molecule has 1 amide bonds. The summed E-state index contributed by atoms with van der Waals surface area (Å²) in [6.07, 6.45) is 0.243. The number of carbonyl (C=O) groups is 1. The van der Waals surface area contributed by atoms with E-state index in [-0.39, 0.29) is 12.3 Å². The van der Waals surface area contributed by atoms with Gasteiger partial charge in [0.15, 0.2) is 5.82 Å². The molecule has 0 radical (unpaired) electrons. The van der Waals surface area contributed by atoms with Gasteiger partial charge in [-0.25, -0.2) is 0 Å². The van der Waals surface area contributed by atoms with Crippen LogP contribution in [0.4, 0.5) is 5.82 Å². The zero-order chi connectivity index (χ0) is 17.6. The van der Waals surface area contributed by atoms with Crippen molar-refractivity contribution in [3.63, 3.8) is 0 Å². The van der Waals surface area contributed by atoms with Gasteiger partial charge in [0.1, 0.15) is 0 Å². The standard InChI is InChI=1S/C19H24N4O2/c1-15-8-9-18(21-20-15)22-10-5-11-23(13-12-22)19(25)14-17(24)16-6-3-2-4-7-16/h2-4,6-9,17,24H,5,10-14H2,1H3. The highest BCUT2D eigenvalue weighted by Crippen LogP contribution is 2.19. The number of hydrogen-bond donors (Lipinski definition) is 1. The Morgan fingerprint density at radius 2 is 1.88 bits per heavy atom. The first-order chi connectivity index (χ1) is 12.1. The van der Waals surface area contributed by atoms with Gasteiger partial charge in [0.05, 0.1) is 18.2 Å². The number of rotatable bonds is 4. The Labute approximate surface area is 148 Å². The molecule has 1 aliphatic heterocycles. The quantitative estimate of drug-likeness (QED) is 0.921. The van der Waals surface area contributed by atoms with Crippen molar-refractivity contribution in [2.45, 2.75) is 25.9 Å². The number of benzene rings is 1.